The minimum atomic E-state index is -0.00932. The number of urea groups is 1. The van der Waals surface area contributed by atoms with Gasteiger partial charge < -0.3 is 10.2 Å². The lowest BCUT2D eigenvalue weighted by atomic mass is 10.0. The highest BCUT2D eigenvalue weighted by molar-refractivity contribution is 5.93. The number of anilines is 1. The van der Waals surface area contributed by atoms with Gasteiger partial charge >= 0.3 is 6.03 Å². The van der Waals surface area contributed by atoms with Gasteiger partial charge in [0, 0.05) is 18.8 Å². The number of amides is 2. The van der Waals surface area contributed by atoms with Crippen LogP contribution < -0.4 is 10.2 Å². The Morgan fingerprint density at radius 3 is 2.52 bits per heavy atom. The van der Waals surface area contributed by atoms with Crippen LogP contribution in [-0.2, 0) is 6.42 Å². The number of nitrogens with zero attached hydrogens (tertiary/aromatic N) is 2. The molecule has 0 saturated heterocycles. The number of aryl methyl sites for hydroxylation is 1. The summed E-state index contributed by atoms with van der Waals surface area (Å²) in [5, 5.41) is 3.12. The van der Waals surface area contributed by atoms with Crippen molar-refractivity contribution in [3.05, 3.63) is 65.7 Å². The molecule has 1 aliphatic rings. The van der Waals surface area contributed by atoms with Crippen molar-refractivity contribution in [2.75, 3.05) is 32.1 Å². The largest absolute Gasteiger partial charge is 0.336 e. The summed E-state index contributed by atoms with van der Waals surface area (Å²) in [4.78, 5) is 16.7. The van der Waals surface area contributed by atoms with E-state index in [9.17, 15) is 4.79 Å². The van der Waals surface area contributed by atoms with Crippen LogP contribution in [0.25, 0.3) is 0 Å². The molecule has 0 saturated carbocycles. The van der Waals surface area contributed by atoms with Gasteiger partial charge in [-0.1, -0.05) is 48.5 Å². The van der Waals surface area contributed by atoms with E-state index in [1.165, 1.54) is 11.1 Å². The van der Waals surface area contributed by atoms with Crippen molar-refractivity contribution in [2.45, 2.75) is 18.9 Å². The second-order valence-corrected chi connectivity index (χ2v) is 6.46. The molecule has 0 spiro atoms. The van der Waals surface area contributed by atoms with E-state index < -0.39 is 0 Å². The summed E-state index contributed by atoms with van der Waals surface area (Å²) in [5.41, 5.74) is 3.51. The quantitative estimate of drug-likeness (QED) is 0.899. The molecule has 1 heterocycles. The number of rotatable bonds is 4. The van der Waals surface area contributed by atoms with Crippen LogP contribution in [0.3, 0.4) is 0 Å². The molecule has 2 amide bonds. The topological polar surface area (TPSA) is 35.6 Å². The normalized spacial score (nSPS) is 14.4. The molecule has 0 aromatic heterocycles. The average Bonchev–Trinajstić information content (AvgIpc) is 2.62. The van der Waals surface area contributed by atoms with Gasteiger partial charge in [0.15, 0.2) is 0 Å². The van der Waals surface area contributed by atoms with Crippen LogP contribution in [0.4, 0.5) is 10.5 Å². The molecular formula is C20H26ClN3O. The van der Waals surface area contributed by atoms with Gasteiger partial charge in [0.1, 0.15) is 0 Å². The lowest BCUT2D eigenvalue weighted by Crippen LogP contribution is -2.45. The van der Waals surface area contributed by atoms with Gasteiger partial charge in [-0.3, -0.25) is 4.90 Å². The molecule has 1 unspecified atom stereocenters. The van der Waals surface area contributed by atoms with Gasteiger partial charge in [0.25, 0.3) is 0 Å². The molecule has 1 N–H and O–H groups in total. The number of carbonyl (C=O) groups is 1. The Labute approximate surface area is 156 Å². The third-order valence-corrected chi connectivity index (χ3v) is 4.61. The monoisotopic (exact) mass is 359 g/mol. The first-order valence-corrected chi connectivity index (χ1v) is 8.51. The van der Waals surface area contributed by atoms with Crippen molar-refractivity contribution in [3.8, 4) is 0 Å². The molecule has 1 atom stereocenters. The Bertz CT molecular complexity index is 690. The van der Waals surface area contributed by atoms with Crippen LogP contribution in [0.2, 0.25) is 0 Å². The number of carbonyl (C=O) groups excluding carboxylic acids is 1. The van der Waals surface area contributed by atoms with Gasteiger partial charge in [0.2, 0.25) is 0 Å². The van der Waals surface area contributed by atoms with E-state index in [1.54, 1.807) is 0 Å². The van der Waals surface area contributed by atoms with Crippen molar-refractivity contribution in [1.82, 2.24) is 10.2 Å². The molecule has 134 valence electrons. The number of hydrogen-bond acceptors (Lipinski definition) is 2. The lowest BCUT2D eigenvalue weighted by molar-refractivity contribution is 0.237. The van der Waals surface area contributed by atoms with E-state index >= 15 is 0 Å². The first kappa shape index (κ1) is 19.3. The van der Waals surface area contributed by atoms with E-state index in [1.807, 2.05) is 55.4 Å². The van der Waals surface area contributed by atoms with Crippen molar-refractivity contribution < 1.29 is 4.79 Å². The van der Waals surface area contributed by atoms with Crippen molar-refractivity contribution in [2.24, 2.45) is 0 Å². The van der Waals surface area contributed by atoms with E-state index in [4.69, 9.17) is 0 Å². The highest BCUT2D eigenvalue weighted by Gasteiger charge is 2.23. The molecule has 0 fully saturated rings. The Morgan fingerprint density at radius 1 is 1.12 bits per heavy atom. The third kappa shape index (κ3) is 4.53. The van der Waals surface area contributed by atoms with Gasteiger partial charge in [-0.05, 0) is 44.1 Å². The van der Waals surface area contributed by atoms with E-state index in [0.717, 1.165) is 25.1 Å². The standard InChI is InChI=1S/C20H25N3O.ClH/c1-22(2)19(17-9-4-3-5-10-17)15-21-20(24)23-14-8-12-16-11-6-7-13-18(16)23;/h3-7,9-11,13,19H,8,12,14-15H2,1-2H3,(H,21,24);1H. The summed E-state index contributed by atoms with van der Waals surface area (Å²) in [6.07, 6.45) is 2.06. The zero-order valence-electron chi connectivity index (χ0n) is 14.8. The first-order chi connectivity index (χ1) is 11.7. The molecule has 0 radical (unpaired) electrons. The third-order valence-electron chi connectivity index (χ3n) is 4.61. The Balaban J connectivity index is 0.00000225. The minimum Gasteiger partial charge on any atom is -0.336 e. The lowest BCUT2D eigenvalue weighted by Gasteiger charge is -2.31. The molecule has 1 aliphatic heterocycles. The van der Waals surface area contributed by atoms with Gasteiger partial charge in [-0.2, -0.15) is 0 Å². The SMILES string of the molecule is CN(C)C(CNC(=O)N1CCCc2ccccc21)c1ccccc1.Cl. The number of benzene rings is 2. The van der Waals surface area contributed by atoms with E-state index in [0.29, 0.717) is 6.54 Å². The fourth-order valence-electron chi connectivity index (χ4n) is 3.30. The first-order valence-electron chi connectivity index (χ1n) is 8.51. The van der Waals surface area contributed by atoms with Crippen LogP contribution in [0, 0.1) is 0 Å². The Morgan fingerprint density at radius 2 is 1.80 bits per heavy atom. The fourth-order valence-corrected chi connectivity index (χ4v) is 3.30. The Hall–Kier alpha value is -2.04. The summed E-state index contributed by atoms with van der Waals surface area (Å²) in [5.74, 6) is 0. The van der Waals surface area contributed by atoms with Crippen LogP contribution in [0.5, 0.6) is 0 Å². The summed E-state index contributed by atoms with van der Waals surface area (Å²) in [7, 11) is 4.08. The summed E-state index contributed by atoms with van der Waals surface area (Å²) in [6.45, 7) is 1.37. The van der Waals surface area contributed by atoms with Crippen molar-refractivity contribution in [1.29, 1.82) is 0 Å². The molecule has 5 heteroatoms. The smallest absolute Gasteiger partial charge is 0.321 e. The maximum Gasteiger partial charge on any atom is 0.321 e. The van der Waals surface area contributed by atoms with Gasteiger partial charge in [-0.15, -0.1) is 12.4 Å². The zero-order valence-corrected chi connectivity index (χ0v) is 15.6. The van der Waals surface area contributed by atoms with Gasteiger partial charge in [0.05, 0.1) is 6.04 Å². The number of halogens is 1. The molecule has 0 bridgehead atoms. The average molecular weight is 360 g/mol. The minimum absolute atomic E-state index is 0. The molecule has 3 rings (SSSR count). The number of likely N-dealkylation sites (N-methyl/N-ethyl adjacent to an activating group) is 1. The Kier molecular flexibility index (Phi) is 6.85. The number of para-hydroxylation sites is 1. The highest BCUT2D eigenvalue weighted by Crippen LogP contribution is 2.26. The predicted molar refractivity (Wildman–Crippen MR) is 106 cm³/mol. The number of nitrogens with one attached hydrogen (secondary N) is 1. The van der Waals surface area contributed by atoms with Crippen LogP contribution in [0.15, 0.2) is 54.6 Å². The van der Waals surface area contributed by atoms with Crippen LogP contribution in [0.1, 0.15) is 23.6 Å². The molecule has 2 aromatic rings. The zero-order chi connectivity index (χ0) is 16.9. The molecule has 2 aromatic carbocycles. The molecular weight excluding hydrogens is 334 g/mol. The van der Waals surface area contributed by atoms with Crippen molar-refractivity contribution >= 4 is 24.1 Å². The fraction of sp³-hybridized carbons (Fsp3) is 0.350. The van der Waals surface area contributed by atoms with Gasteiger partial charge in [-0.25, -0.2) is 4.79 Å². The summed E-state index contributed by atoms with van der Waals surface area (Å²) < 4.78 is 0. The van der Waals surface area contributed by atoms with Crippen LogP contribution in [-0.4, -0.2) is 38.1 Å². The van der Waals surface area contributed by atoms with Crippen molar-refractivity contribution in [3.63, 3.8) is 0 Å². The number of hydrogen-bond donors (Lipinski definition) is 1. The molecule has 4 nitrogen and oxygen atoms in total. The highest BCUT2D eigenvalue weighted by atomic mass is 35.5. The maximum atomic E-state index is 12.7. The number of fused-ring (bicyclic) bond motifs is 1. The van der Waals surface area contributed by atoms with E-state index in [2.05, 4.69) is 28.4 Å². The predicted octanol–water partition coefficient (Wildman–Crippen LogP) is 3.87. The molecule has 0 aliphatic carbocycles. The van der Waals surface area contributed by atoms with E-state index in [-0.39, 0.29) is 24.5 Å². The second kappa shape index (κ2) is 8.88. The summed E-state index contributed by atoms with van der Waals surface area (Å²) >= 11 is 0. The molecule has 25 heavy (non-hydrogen) atoms. The summed E-state index contributed by atoms with van der Waals surface area (Å²) in [6, 6.07) is 18.6. The second-order valence-electron chi connectivity index (χ2n) is 6.46. The van der Waals surface area contributed by atoms with Crippen LogP contribution >= 0.6 is 12.4 Å². The maximum absolute atomic E-state index is 12.7.